The summed E-state index contributed by atoms with van der Waals surface area (Å²) in [7, 11) is 0. The van der Waals surface area contributed by atoms with Crippen molar-refractivity contribution in [1.82, 2.24) is 9.96 Å². The fourth-order valence-corrected chi connectivity index (χ4v) is 3.17. The SMILES string of the molecule is CC(C)C(OC(=O)ON1C(=O)CCC1=O)C(CCCC(=O)O)N1C(=O)C=CC1=O. The van der Waals surface area contributed by atoms with Crippen molar-refractivity contribution in [2.24, 2.45) is 5.92 Å². The first-order chi connectivity index (χ1) is 13.6. The van der Waals surface area contributed by atoms with Gasteiger partial charge in [-0.15, -0.1) is 0 Å². The van der Waals surface area contributed by atoms with Crippen LogP contribution in [0.2, 0.25) is 0 Å². The van der Waals surface area contributed by atoms with Crippen molar-refractivity contribution in [3.05, 3.63) is 12.2 Å². The van der Waals surface area contributed by atoms with E-state index in [1.807, 2.05) is 0 Å². The Hall–Kier alpha value is -3.24. The van der Waals surface area contributed by atoms with Crippen LogP contribution in [0.5, 0.6) is 0 Å². The lowest BCUT2D eigenvalue weighted by Gasteiger charge is -2.34. The molecule has 11 heteroatoms. The first-order valence-corrected chi connectivity index (χ1v) is 9.13. The minimum absolute atomic E-state index is 0.0726. The second-order valence-electron chi connectivity index (χ2n) is 6.98. The zero-order valence-corrected chi connectivity index (χ0v) is 16.0. The molecule has 2 heterocycles. The van der Waals surface area contributed by atoms with Crippen LogP contribution in [0.25, 0.3) is 0 Å². The van der Waals surface area contributed by atoms with Gasteiger partial charge in [0.05, 0.1) is 6.04 Å². The predicted octanol–water partition coefficient (Wildman–Crippen LogP) is 0.777. The second kappa shape index (κ2) is 9.30. The van der Waals surface area contributed by atoms with E-state index in [0.29, 0.717) is 5.06 Å². The van der Waals surface area contributed by atoms with Crippen LogP contribution in [-0.2, 0) is 33.5 Å². The van der Waals surface area contributed by atoms with Gasteiger partial charge in [-0.25, -0.2) is 4.79 Å². The molecule has 2 aliphatic rings. The summed E-state index contributed by atoms with van der Waals surface area (Å²) in [6, 6.07) is -0.943. The molecular formula is C18H22N2O9. The molecule has 29 heavy (non-hydrogen) atoms. The molecule has 0 spiro atoms. The van der Waals surface area contributed by atoms with Gasteiger partial charge in [0.25, 0.3) is 23.6 Å². The smallest absolute Gasteiger partial charge is 0.481 e. The zero-order valence-electron chi connectivity index (χ0n) is 16.0. The standard InChI is InChI=1S/C18H22N2O9/c1-10(2)17(28-18(27)29-20-14(23)8-9-15(20)24)11(4-3-5-16(25)26)19-12(21)6-7-13(19)22/h6-7,10-11,17H,3-5,8-9H2,1-2H3,(H,25,26). The highest BCUT2D eigenvalue weighted by molar-refractivity contribution is 6.13. The average molecular weight is 410 g/mol. The molecule has 0 aromatic rings. The highest BCUT2D eigenvalue weighted by atomic mass is 16.8. The van der Waals surface area contributed by atoms with Crippen LogP contribution in [0.1, 0.15) is 46.0 Å². The highest BCUT2D eigenvalue weighted by Crippen LogP contribution is 2.25. The molecule has 1 fully saturated rings. The molecule has 2 atom stereocenters. The van der Waals surface area contributed by atoms with Gasteiger partial charge < -0.3 is 9.84 Å². The van der Waals surface area contributed by atoms with Gasteiger partial charge >= 0.3 is 12.1 Å². The number of hydrogen-bond donors (Lipinski definition) is 1. The lowest BCUT2D eigenvalue weighted by molar-refractivity contribution is -0.180. The van der Waals surface area contributed by atoms with Gasteiger partial charge in [0.2, 0.25) is 0 Å². The van der Waals surface area contributed by atoms with Crippen molar-refractivity contribution in [3.63, 3.8) is 0 Å². The number of carboxylic acids is 1. The van der Waals surface area contributed by atoms with Crippen molar-refractivity contribution in [2.75, 3.05) is 0 Å². The molecule has 1 N–H and O–H groups in total. The number of carboxylic acid groups (broad SMARTS) is 1. The van der Waals surface area contributed by atoms with Gasteiger partial charge in [0.1, 0.15) is 6.10 Å². The summed E-state index contributed by atoms with van der Waals surface area (Å²) in [5, 5.41) is 9.19. The highest BCUT2D eigenvalue weighted by Gasteiger charge is 2.41. The molecule has 11 nitrogen and oxygen atoms in total. The normalized spacial score (nSPS) is 18.6. The number of nitrogens with zero attached hydrogens (tertiary/aromatic N) is 2. The summed E-state index contributed by atoms with van der Waals surface area (Å²) in [6.07, 6.45) is -0.399. The van der Waals surface area contributed by atoms with Crippen LogP contribution in [0.15, 0.2) is 12.2 Å². The number of aliphatic carboxylic acids is 1. The fraction of sp³-hybridized carbons (Fsp3) is 0.556. The predicted molar refractivity (Wildman–Crippen MR) is 93.5 cm³/mol. The zero-order chi connectivity index (χ0) is 21.7. The van der Waals surface area contributed by atoms with E-state index in [1.54, 1.807) is 13.8 Å². The Morgan fingerprint density at radius 2 is 1.62 bits per heavy atom. The third-order valence-corrected chi connectivity index (χ3v) is 4.51. The van der Waals surface area contributed by atoms with Gasteiger partial charge in [0.15, 0.2) is 0 Å². The van der Waals surface area contributed by atoms with E-state index >= 15 is 0 Å². The number of carbonyl (C=O) groups is 6. The number of carbonyl (C=O) groups excluding carboxylic acids is 5. The molecule has 0 aromatic carbocycles. The van der Waals surface area contributed by atoms with Gasteiger partial charge in [-0.05, 0) is 18.8 Å². The molecule has 2 aliphatic heterocycles. The summed E-state index contributed by atoms with van der Waals surface area (Å²) in [6.45, 7) is 3.35. The van der Waals surface area contributed by atoms with Crippen LogP contribution in [0.4, 0.5) is 4.79 Å². The maximum absolute atomic E-state index is 12.2. The van der Waals surface area contributed by atoms with E-state index in [1.165, 1.54) is 0 Å². The number of hydroxylamine groups is 2. The van der Waals surface area contributed by atoms with Crippen molar-refractivity contribution >= 4 is 35.8 Å². The summed E-state index contributed by atoms with van der Waals surface area (Å²) in [5.41, 5.74) is 0. The lowest BCUT2D eigenvalue weighted by Crippen LogP contribution is -2.51. The summed E-state index contributed by atoms with van der Waals surface area (Å²) in [5.74, 6) is -4.03. The van der Waals surface area contributed by atoms with Gasteiger partial charge in [-0.1, -0.05) is 18.9 Å². The number of imide groups is 2. The second-order valence-corrected chi connectivity index (χ2v) is 6.98. The molecule has 0 aromatic heterocycles. The van der Waals surface area contributed by atoms with Crippen molar-refractivity contribution in [3.8, 4) is 0 Å². The van der Waals surface area contributed by atoms with Gasteiger partial charge in [-0.3, -0.25) is 33.7 Å². The molecule has 0 saturated carbocycles. The Balaban J connectivity index is 2.16. The summed E-state index contributed by atoms with van der Waals surface area (Å²) >= 11 is 0. The third-order valence-electron chi connectivity index (χ3n) is 4.51. The van der Waals surface area contributed by atoms with Crippen molar-refractivity contribution in [1.29, 1.82) is 0 Å². The quantitative estimate of drug-likeness (QED) is 0.430. The van der Waals surface area contributed by atoms with Gasteiger partial charge in [-0.2, -0.15) is 0 Å². The van der Waals surface area contributed by atoms with E-state index in [9.17, 15) is 28.8 Å². The van der Waals surface area contributed by atoms with E-state index < -0.39 is 53.8 Å². The Morgan fingerprint density at radius 3 is 2.10 bits per heavy atom. The minimum Gasteiger partial charge on any atom is -0.481 e. The first kappa shape index (κ1) is 22.1. The number of rotatable bonds is 9. The first-order valence-electron chi connectivity index (χ1n) is 9.13. The molecule has 4 amide bonds. The molecule has 2 unspecified atom stereocenters. The molecule has 0 aliphatic carbocycles. The number of hydrogen-bond acceptors (Lipinski definition) is 8. The average Bonchev–Trinajstić information content (AvgIpc) is 3.13. The largest absolute Gasteiger partial charge is 0.534 e. The van der Waals surface area contributed by atoms with Crippen LogP contribution in [0.3, 0.4) is 0 Å². The van der Waals surface area contributed by atoms with Crippen molar-refractivity contribution < 1.29 is 43.4 Å². The topological polar surface area (TPSA) is 148 Å². The fourth-order valence-electron chi connectivity index (χ4n) is 3.17. The van der Waals surface area contributed by atoms with E-state index in [0.717, 1.165) is 17.1 Å². The van der Waals surface area contributed by atoms with Crippen molar-refractivity contribution in [2.45, 2.75) is 58.1 Å². The molecule has 2 rings (SSSR count). The summed E-state index contributed by atoms with van der Waals surface area (Å²) in [4.78, 5) is 76.1. The van der Waals surface area contributed by atoms with Crippen LogP contribution in [-0.4, -0.2) is 63.0 Å². The Bertz CT molecular complexity index is 724. The Morgan fingerprint density at radius 1 is 1.07 bits per heavy atom. The number of ether oxygens (including phenoxy) is 1. The molecular weight excluding hydrogens is 388 g/mol. The molecule has 1 saturated heterocycles. The molecule has 0 radical (unpaired) electrons. The Labute approximate surface area is 166 Å². The maximum Gasteiger partial charge on any atom is 0.534 e. The van der Waals surface area contributed by atoms with Crippen LogP contribution < -0.4 is 0 Å². The summed E-state index contributed by atoms with van der Waals surface area (Å²) < 4.78 is 5.27. The van der Waals surface area contributed by atoms with E-state index in [4.69, 9.17) is 14.7 Å². The van der Waals surface area contributed by atoms with E-state index in [2.05, 4.69) is 0 Å². The molecule has 158 valence electrons. The number of amides is 4. The van der Waals surface area contributed by atoms with E-state index in [-0.39, 0.29) is 32.1 Å². The molecule has 0 bridgehead atoms. The Kier molecular flexibility index (Phi) is 7.08. The van der Waals surface area contributed by atoms with Gasteiger partial charge in [0, 0.05) is 31.4 Å². The third kappa shape index (κ3) is 5.39. The maximum atomic E-state index is 12.2. The van der Waals surface area contributed by atoms with Crippen LogP contribution in [0, 0.1) is 5.92 Å². The van der Waals surface area contributed by atoms with Crippen LogP contribution >= 0.6 is 0 Å². The lowest BCUT2D eigenvalue weighted by atomic mass is 9.93. The monoisotopic (exact) mass is 410 g/mol. The minimum atomic E-state index is -1.33.